The van der Waals surface area contributed by atoms with Crippen LogP contribution in [0.15, 0.2) is 53.8 Å². The first kappa shape index (κ1) is 60.2. The number of anilines is 3. The maximum absolute atomic E-state index is 14.2. The van der Waals surface area contributed by atoms with Gasteiger partial charge in [-0.2, -0.15) is 5.10 Å². The topological polar surface area (TPSA) is 187 Å². The van der Waals surface area contributed by atoms with Gasteiger partial charge < -0.3 is 36.2 Å². The van der Waals surface area contributed by atoms with Crippen LogP contribution in [0.5, 0.6) is 0 Å². The average molecular weight is 1100 g/mol. The Hall–Kier alpha value is -4.45. The Morgan fingerprint density at radius 2 is 1.64 bits per heavy atom. The number of carboxylic acids is 1. The Morgan fingerprint density at radius 1 is 0.857 bits per heavy atom. The van der Waals surface area contributed by atoms with E-state index < -0.39 is 5.97 Å². The lowest BCUT2D eigenvalue weighted by atomic mass is 9.74. The number of hydrogen-bond acceptors (Lipinski definition) is 13. The van der Waals surface area contributed by atoms with Crippen molar-refractivity contribution >= 4 is 52.6 Å². The number of nitrogens with zero attached hydrogens (tertiary/aromatic N) is 8. The molecule has 4 unspecified atom stereocenters. The molecule has 7 N–H and O–H groups in total. The summed E-state index contributed by atoms with van der Waals surface area (Å²) in [6.07, 6.45) is 20.6. The zero-order valence-electron chi connectivity index (χ0n) is 47.5. The van der Waals surface area contributed by atoms with Crippen molar-refractivity contribution in [3.05, 3.63) is 81.6 Å². The second-order valence-electron chi connectivity index (χ2n) is 23.1. The monoisotopic (exact) mass is 1100 g/mol. The number of amides is 1. The van der Waals surface area contributed by atoms with Gasteiger partial charge in [0.05, 0.1) is 24.1 Å². The molecule has 3 heterocycles. The van der Waals surface area contributed by atoms with Crippen LogP contribution in [-0.2, 0) is 17.8 Å². The summed E-state index contributed by atoms with van der Waals surface area (Å²) in [5.74, 6) is 8.53. The largest absolute Gasteiger partial charge is 0.478 e. The van der Waals surface area contributed by atoms with Gasteiger partial charge in [0.15, 0.2) is 16.8 Å². The highest BCUT2D eigenvalue weighted by Gasteiger charge is 2.37. The first-order valence-corrected chi connectivity index (χ1v) is 30.7. The van der Waals surface area contributed by atoms with E-state index in [9.17, 15) is 14.7 Å². The molecule has 15 nitrogen and oxygen atoms in total. The van der Waals surface area contributed by atoms with Gasteiger partial charge in [-0.25, -0.2) is 25.3 Å². The lowest BCUT2D eigenvalue weighted by molar-refractivity contribution is -0.137. The number of unbranched alkanes of at least 4 members (excludes halogenated alkanes) is 2. The van der Waals surface area contributed by atoms with Crippen molar-refractivity contribution in [3.63, 3.8) is 0 Å². The summed E-state index contributed by atoms with van der Waals surface area (Å²) in [6.45, 7) is 16.9. The van der Waals surface area contributed by atoms with Crippen LogP contribution in [0.1, 0.15) is 181 Å². The highest BCUT2D eigenvalue weighted by Crippen LogP contribution is 2.45. The fourth-order valence-electron chi connectivity index (χ4n) is 11.8. The van der Waals surface area contributed by atoms with Crippen LogP contribution in [-0.4, -0.2) is 130 Å². The fraction of sp³-hybridized carbons (Fsp3) is 0.650. The van der Waals surface area contributed by atoms with E-state index in [0.717, 1.165) is 171 Å². The Labute approximate surface area is 470 Å². The van der Waals surface area contributed by atoms with Crippen LogP contribution in [0.4, 0.5) is 17.3 Å². The van der Waals surface area contributed by atoms with E-state index in [0.29, 0.717) is 58.1 Å². The number of carboxylic acid groups (broad SMARTS) is 1. The van der Waals surface area contributed by atoms with E-state index in [-0.39, 0.29) is 23.2 Å². The van der Waals surface area contributed by atoms with Crippen molar-refractivity contribution < 1.29 is 14.7 Å². The predicted octanol–water partition coefficient (Wildman–Crippen LogP) is 11.4. The molecule has 3 fully saturated rings. The minimum absolute atomic E-state index is 0.0535. The van der Waals surface area contributed by atoms with Crippen LogP contribution in [0.3, 0.4) is 0 Å². The molecule has 0 spiro atoms. The smallest absolute Gasteiger partial charge is 0.339 e. The molecule has 17 heteroatoms. The SMILES string of the molecule is CCCCC1CCCN1C(=O)C1CCCC(c2cc(CC(C)(CCC)CCN(C)CCN(C)CCCCNCCNc3nc(SCCC)nc(N(N)Cc4ccc(Cl)cc4)c3N)cc(-n3ncc(C(=O)O)c3C3CC3)c2)C1. The summed E-state index contributed by atoms with van der Waals surface area (Å²) in [4.78, 5) is 43.3. The third-order valence-electron chi connectivity index (χ3n) is 16.4. The number of likely N-dealkylation sites (N-methyl/N-ethyl adjacent to an activating group) is 2. The molecule has 77 heavy (non-hydrogen) atoms. The van der Waals surface area contributed by atoms with Crippen molar-refractivity contribution in [1.82, 2.24) is 39.8 Å². The minimum Gasteiger partial charge on any atom is -0.478 e. The summed E-state index contributed by atoms with van der Waals surface area (Å²) in [5, 5.41) is 24.9. The Kier molecular flexibility index (Phi) is 23.2. The molecule has 3 aliphatic rings. The van der Waals surface area contributed by atoms with Gasteiger partial charge in [-0.05, 0) is 176 Å². The van der Waals surface area contributed by atoms with Gasteiger partial charge in [0.1, 0.15) is 11.3 Å². The van der Waals surface area contributed by atoms with Crippen molar-refractivity contribution in [1.29, 1.82) is 0 Å². The number of aromatic nitrogens is 4. The third kappa shape index (κ3) is 17.5. The van der Waals surface area contributed by atoms with Crippen LogP contribution < -0.4 is 27.2 Å². The van der Waals surface area contributed by atoms with Gasteiger partial charge in [0.25, 0.3) is 0 Å². The second-order valence-corrected chi connectivity index (χ2v) is 24.6. The quantitative estimate of drug-likeness (QED) is 0.00997. The molecule has 4 atom stereocenters. The molecular formula is C60H93ClN12O3S. The van der Waals surface area contributed by atoms with Gasteiger partial charge in [-0.1, -0.05) is 94.9 Å². The molecule has 1 saturated heterocycles. The Bertz CT molecular complexity index is 2490. The Balaban J connectivity index is 0.890. The molecule has 2 saturated carbocycles. The summed E-state index contributed by atoms with van der Waals surface area (Å²) < 4.78 is 1.94. The van der Waals surface area contributed by atoms with E-state index in [4.69, 9.17) is 38.2 Å². The number of nitrogens with one attached hydrogen (secondary N) is 2. The van der Waals surface area contributed by atoms with E-state index in [1.54, 1.807) is 23.0 Å². The van der Waals surface area contributed by atoms with Gasteiger partial charge in [0, 0.05) is 61.4 Å². The first-order valence-electron chi connectivity index (χ1n) is 29.3. The highest BCUT2D eigenvalue weighted by molar-refractivity contribution is 7.99. The number of benzene rings is 2. The highest BCUT2D eigenvalue weighted by atomic mass is 35.5. The maximum atomic E-state index is 14.2. The molecule has 0 bridgehead atoms. The zero-order valence-corrected chi connectivity index (χ0v) is 49.1. The van der Waals surface area contributed by atoms with Crippen molar-refractivity contribution in [3.8, 4) is 5.69 Å². The summed E-state index contributed by atoms with van der Waals surface area (Å²) in [6, 6.07) is 15.0. The molecule has 0 radical (unpaired) electrons. The number of rotatable bonds is 33. The number of thioether (sulfide) groups is 1. The lowest BCUT2D eigenvalue weighted by Crippen LogP contribution is -2.41. The molecule has 2 aromatic carbocycles. The molecule has 2 aliphatic carbocycles. The van der Waals surface area contributed by atoms with Crippen molar-refractivity contribution in [2.24, 2.45) is 17.2 Å². The molecule has 4 aromatic rings. The lowest BCUT2D eigenvalue weighted by Gasteiger charge is -2.35. The van der Waals surface area contributed by atoms with E-state index in [2.05, 4.69) is 85.3 Å². The third-order valence-corrected chi connectivity index (χ3v) is 17.7. The predicted molar refractivity (Wildman–Crippen MR) is 318 cm³/mol. The molecule has 1 aliphatic heterocycles. The summed E-state index contributed by atoms with van der Waals surface area (Å²) in [5.41, 5.74) is 12.8. The van der Waals surface area contributed by atoms with E-state index in [1.807, 2.05) is 28.9 Å². The molecular weight excluding hydrogens is 1000 g/mol. The number of nitrogen functional groups attached to an aromatic ring is 1. The van der Waals surface area contributed by atoms with Gasteiger partial charge in [-0.15, -0.1) is 0 Å². The molecule has 424 valence electrons. The zero-order chi connectivity index (χ0) is 54.9. The average Bonchev–Trinajstić information content (AvgIpc) is 3.98. The van der Waals surface area contributed by atoms with Gasteiger partial charge >= 0.3 is 5.97 Å². The van der Waals surface area contributed by atoms with E-state index in [1.165, 1.54) is 24.0 Å². The number of carbonyl (C=O) groups excluding carboxylic acids is 1. The number of aromatic carboxylic acids is 1. The standard InChI is InChI=1S/C60H93ClN12O3S/c1-7-10-17-50-18-14-31-71(50)57(74)47-16-13-15-46(38-47)48-36-44(37-51(39-48)73-54(45-21-22-45)52(41-66-73)58(75)76)40-60(4,25-8-2)26-32-70(6)34-33-69(5)30-12-11-27-64-28-29-65-55-53(62)56(68-59(67-55)77-35-9-3)72(63)42-43-19-23-49(61)24-20-43/h19-20,23-24,36-37,39,41,45-47,50,64H,7-18,21-22,25-35,38,40,42,62-63H2,1-6H3,(H,75,76)(H,65,67,68). The second kappa shape index (κ2) is 29.7. The molecule has 7 rings (SSSR count). The number of hydrazine groups is 1. The number of likely N-dealkylation sites (tertiary alicyclic amines) is 1. The van der Waals surface area contributed by atoms with Gasteiger partial charge in [-0.3, -0.25) is 9.80 Å². The minimum atomic E-state index is -0.911. The van der Waals surface area contributed by atoms with Crippen LogP contribution in [0, 0.1) is 11.3 Å². The van der Waals surface area contributed by atoms with Crippen LogP contribution in [0.25, 0.3) is 5.69 Å². The summed E-state index contributed by atoms with van der Waals surface area (Å²) in [7, 11) is 4.49. The number of nitrogens with two attached hydrogens (primary N) is 2. The van der Waals surface area contributed by atoms with Gasteiger partial charge in [0.2, 0.25) is 5.91 Å². The number of hydrogen-bond donors (Lipinski definition) is 5. The Morgan fingerprint density at radius 3 is 2.36 bits per heavy atom. The number of carbonyl (C=O) groups is 2. The molecule has 2 aromatic heterocycles. The summed E-state index contributed by atoms with van der Waals surface area (Å²) >= 11 is 7.70. The van der Waals surface area contributed by atoms with Crippen molar-refractivity contribution in [2.45, 2.75) is 173 Å². The molecule has 1 amide bonds. The number of halogens is 1. The van der Waals surface area contributed by atoms with Crippen molar-refractivity contribution in [2.75, 3.05) is 88.3 Å². The first-order chi connectivity index (χ1) is 37.2. The van der Waals surface area contributed by atoms with E-state index >= 15 is 0 Å². The van der Waals surface area contributed by atoms with Crippen LogP contribution >= 0.6 is 23.4 Å². The maximum Gasteiger partial charge on any atom is 0.339 e. The normalized spacial score (nSPS) is 18.6. The fourth-order valence-corrected chi connectivity index (χ4v) is 12.6. The van der Waals surface area contributed by atoms with Crippen LogP contribution in [0.2, 0.25) is 5.02 Å².